The lowest BCUT2D eigenvalue weighted by Gasteiger charge is -2.25. The SMILES string of the molecule is CC(C)N(CCO)CCCCC(=O)c1ccccn1. The minimum absolute atomic E-state index is 0.110. The fourth-order valence-electron chi connectivity index (χ4n) is 2.01. The van der Waals surface area contributed by atoms with Gasteiger partial charge in [-0.25, -0.2) is 0 Å². The van der Waals surface area contributed by atoms with Crippen LogP contribution < -0.4 is 0 Å². The van der Waals surface area contributed by atoms with Gasteiger partial charge < -0.3 is 5.11 Å². The van der Waals surface area contributed by atoms with Gasteiger partial charge in [-0.05, 0) is 45.4 Å². The lowest BCUT2D eigenvalue weighted by molar-refractivity contribution is 0.0971. The Bertz CT molecular complexity index is 366. The van der Waals surface area contributed by atoms with Crippen molar-refractivity contribution in [1.82, 2.24) is 9.88 Å². The first kappa shape index (κ1) is 15.8. The molecule has 4 heteroatoms. The third-order valence-electron chi connectivity index (χ3n) is 3.17. The van der Waals surface area contributed by atoms with Crippen molar-refractivity contribution < 1.29 is 9.90 Å². The summed E-state index contributed by atoms with van der Waals surface area (Å²) in [6.45, 7) is 6.05. The van der Waals surface area contributed by atoms with E-state index in [1.807, 2.05) is 12.1 Å². The first-order valence-corrected chi connectivity index (χ1v) is 6.94. The van der Waals surface area contributed by atoms with Crippen LogP contribution in [-0.2, 0) is 0 Å². The number of aromatic nitrogens is 1. The highest BCUT2D eigenvalue weighted by atomic mass is 16.3. The number of Topliss-reactive ketones (excluding diaryl/α,β-unsaturated/α-hetero) is 1. The molecule has 0 atom stereocenters. The van der Waals surface area contributed by atoms with Crippen LogP contribution in [0, 0.1) is 0 Å². The Morgan fingerprint density at radius 3 is 2.68 bits per heavy atom. The van der Waals surface area contributed by atoms with E-state index in [0.717, 1.165) is 19.4 Å². The van der Waals surface area contributed by atoms with Gasteiger partial charge in [0.15, 0.2) is 5.78 Å². The van der Waals surface area contributed by atoms with Crippen LogP contribution in [0.4, 0.5) is 0 Å². The van der Waals surface area contributed by atoms with Crippen LogP contribution in [0.2, 0.25) is 0 Å². The summed E-state index contributed by atoms with van der Waals surface area (Å²) in [6, 6.07) is 5.83. The second kappa shape index (κ2) is 8.77. The minimum Gasteiger partial charge on any atom is -0.395 e. The fraction of sp³-hybridized carbons (Fsp3) is 0.600. The molecule has 0 spiro atoms. The summed E-state index contributed by atoms with van der Waals surface area (Å²) in [7, 11) is 0. The predicted octanol–water partition coefficient (Wildman–Crippen LogP) is 2.14. The van der Waals surface area contributed by atoms with E-state index in [4.69, 9.17) is 5.11 Å². The molecule has 1 aromatic rings. The Balaban J connectivity index is 2.25. The van der Waals surface area contributed by atoms with E-state index >= 15 is 0 Å². The number of unbranched alkanes of at least 4 members (excludes halogenated alkanes) is 1. The van der Waals surface area contributed by atoms with Gasteiger partial charge in [-0.15, -0.1) is 0 Å². The van der Waals surface area contributed by atoms with Gasteiger partial charge in [0, 0.05) is 25.2 Å². The Labute approximate surface area is 115 Å². The van der Waals surface area contributed by atoms with Crippen molar-refractivity contribution in [3.63, 3.8) is 0 Å². The number of aliphatic hydroxyl groups excluding tert-OH is 1. The van der Waals surface area contributed by atoms with E-state index in [9.17, 15) is 4.79 Å². The van der Waals surface area contributed by atoms with Crippen molar-refractivity contribution in [2.45, 2.75) is 39.2 Å². The summed E-state index contributed by atoms with van der Waals surface area (Å²) < 4.78 is 0. The average Bonchev–Trinajstić information content (AvgIpc) is 2.42. The molecule has 4 nitrogen and oxygen atoms in total. The first-order chi connectivity index (χ1) is 9.15. The molecule has 0 unspecified atom stereocenters. The molecule has 1 N–H and O–H groups in total. The van der Waals surface area contributed by atoms with Gasteiger partial charge in [0.1, 0.15) is 5.69 Å². The molecule has 1 heterocycles. The number of hydrogen-bond acceptors (Lipinski definition) is 4. The zero-order valence-corrected chi connectivity index (χ0v) is 11.9. The maximum Gasteiger partial charge on any atom is 0.181 e. The summed E-state index contributed by atoms with van der Waals surface area (Å²) in [4.78, 5) is 18.1. The number of carbonyl (C=O) groups is 1. The highest BCUT2D eigenvalue weighted by molar-refractivity contribution is 5.94. The molecular formula is C15H24N2O2. The summed E-state index contributed by atoms with van der Waals surface area (Å²) in [5.41, 5.74) is 0.554. The number of hydrogen-bond donors (Lipinski definition) is 1. The molecule has 0 saturated heterocycles. The number of pyridine rings is 1. The Morgan fingerprint density at radius 2 is 2.11 bits per heavy atom. The topological polar surface area (TPSA) is 53.4 Å². The van der Waals surface area contributed by atoms with Gasteiger partial charge in [-0.1, -0.05) is 6.07 Å². The van der Waals surface area contributed by atoms with Gasteiger partial charge in [0.05, 0.1) is 6.61 Å². The second-order valence-electron chi connectivity index (χ2n) is 4.95. The molecule has 1 rings (SSSR count). The molecule has 0 aromatic carbocycles. The maximum absolute atomic E-state index is 11.8. The fourth-order valence-corrected chi connectivity index (χ4v) is 2.01. The van der Waals surface area contributed by atoms with E-state index < -0.39 is 0 Å². The van der Waals surface area contributed by atoms with Crippen LogP contribution >= 0.6 is 0 Å². The third-order valence-corrected chi connectivity index (χ3v) is 3.17. The molecule has 0 fully saturated rings. The van der Waals surface area contributed by atoms with Crippen molar-refractivity contribution in [1.29, 1.82) is 0 Å². The number of carbonyl (C=O) groups excluding carboxylic acids is 1. The molecule has 1 aromatic heterocycles. The quantitative estimate of drug-likeness (QED) is 0.548. The summed E-state index contributed by atoms with van der Waals surface area (Å²) >= 11 is 0. The molecular weight excluding hydrogens is 240 g/mol. The van der Waals surface area contributed by atoms with Gasteiger partial charge in [0.25, 0.3) is 0 Å². The van der Waals surface area contributed by atoms with Crippen LogP contribution in [0.15, 0.2) is 24.4 Å². The normalized spacial score (nSPS) is 11.2. The zero-order chi connectivity index (χ0) is 14.1. The number of aliphatic hydroxyl groups is 1. The monoisotopic (exact) mass is 264 g/mol. The Hall–Kier alpha value is -1.26. The van der Waals surface area contributed by atoms with Crippen LogP contribution in [0.5, 0.6) is 0 Å². The second-order valence-corrected chi connectivity index (χ2v) is 4.95. The lowest BCUT2D eigenvalue weighted by atomic mass is 10.1. The number of ketones is 1. The third kappa shape index (κ3) is 5.94. The van der Waals surface area contributed by atoms with Crippen molar-refractivity contribution in [3.05, 3.63) is 30.1 Å². The molecule has 0 bridgehead atoms. The van der Waals surface area contributed by atoms with E-state index in [0.29, 0.717) is 24.7 Å². The molecule has 0 radical (unpaired) electrons. The van der Waals surface area contributed by atoms with E-state index in [1.54, 1.807) is 12.3 Å². The van der Waals surface area contributed by atoms with Crippen LogP contribution in [0.1, 0.15) is 43.6 Å². The van der Waals surface area contributed by atoms with Crippen molar-refractivity contribution in [2.24, 2.45) is 0 Å². The van der Waals surface area contributed by atoms with Crippen molar-refractivity contribution in [2.75, 3.05) is 19.7 Å². The van der Waals surface area contributed by atoms with Gasteiger partial charge >= 0.3 is 0 Å². The lowest BCUT2D eigenvalue weighted by Crippen LogP contribution is -2.34. The Morgan fingerprint density at radius 1 is 1.32 bits per heavy atom. The predicted molar refractivity (Wildman–Crippen MR) is 76.2 cm³/mol. The van der Waals surface area contributed by atoms with Gasteiger partial charge in [-0.2, -0.15) is 0 Å². The van der Waals surface area contributed by atoms with Crippen LogP contribution in [0.3, 0.4) is 0 Å². The smallest absolute Gasteiger partial charge is 0.181 e. The number of nitrogens with zero attached hydrogens (tertiary/aromatic N) is 2. The molecule has 0 saturated carbocycles. The Kier molecular flexibility index (Phi) is 7.30. The first-order valence-electron chi connectivity index (χ1n) is 6.94. The molecule has 0 aliphatic carbocycles. The summed E-state index contributed by atoms with van der Waals surface area (Å²) in [5.74, 6) is 0.110. The molecule has 0 amide bonds. The molecule has 0 aliphatic heterocycles. The molecule has 19 heavy (non-hydrogen) atoms. The standard InChI is InChI=1S/C15H24N2O2/c1-13(2)17(11-12-18)10-6-4-8-15(19)14-7-3-5-9-16-14/h3,5,7,9,13,18H,4,6,8,10-12H2,1-2H3. The van der Waals surface area contributed by atoms with Gasteiger partial charge in [-0.3, -0.25) is 14.7 Å². The van der Waals surface area contributed by atoms with E-state index in [-0.39, 0.29) is 12.4 Å². The number of rotatable bonds is 9. The van der Waals surface area contributed by atoms with Crippen molar-refractivity contribution in [3.8, 4) is 0 Å². The zero-order valence-electron chi connectivity index (χ0n) is 11.9. The maximum atomic E-state index is 11.8. The summed E-state index contributed by atoms with van der Waals surface area (Å²) in [5, 5.41) is 8.97. The summed E-state index contributed by atoms with van der Waals surface area (Å²) in [6.07, 6.45) is 4.03. The molecule has 106 valence electrons. The van der Waals surface area contributed by atoms with E-state index in [1.165, 1.54) is 0 Å². The van der Waals surface area contributed by atoms with Crippen LogP contribution in [0.25, 0.3) is 0 Å². The highest BCUT2D eigenvalue weighted by Crippen LogP contribution is 2.06. The van der Waals surface area contributed by atoms with Crippen molar-refractivity contribution >= 4 is 5.78 Å². The van der Waals surface area contributed by atoms with Crippen LogP contribution in [-0.4, -0.2) is 46.5 Å². The minimum atomic E-state index is 0.110. The van der Waals surface area contributed by atoms with E-state index in [2.05, 4.69) is 23.7 Å². The molecule has 0 aliphatic rings. The average molecular weight is 264 g/mol. The highest BCUT2D eigenvalue weighted by Gasteiger charge is 2.09. The largest absolute Gasteiger partial charge is 0.395 e. The van der Waals surface area contributed by atoms with Gasteiger partial charge in [0.2, 0.25) is 0 Å².